The van der Waals surface area contributed by atoms with Crippen LogP contribution in [-0.4, -0.2) is 25.7 Å². The Balaban J connectivity index is 2.44. The Hall–Kier alpha value is -2.28. The van der Waals surface area contributed by atoms with Crippen LogP contribution < -0.4 is 4.18 Å². The van der Waals surface area contributed by atoms with Crippen molar-refractivity contribution in [3.05, 3.63) is 42.4 Å². The highest BCUT2D eigenvalue weighted by atomic mass is 32.2. The lowest BCUT2D eigenvalue weighted by atomic mass is 10.1. The largest absolute Gasteiger partial charge is 0.475 e. The van der Waals surface area contributed by atoms with Gasteiger partial charge in [-0.15, -0.1) is 0 Å². The van der Waals surface area contributed by atoms with E-state index in [0.29, 0.717) is 11.1 Å². The van der Waals surface area contributed by atoms with E-state index in [1.165, 1.54) is 24.5 Å². The van der Waals surface area contributed by atoms with Crippen molar-refractivity contribution in [2.24, 2.45) is 0 Å². The van der Waals surface area contributed by atoms with E-state index in [1.807, 2.05) is 0 Å². The van der Waals surface area contributed by atoms with Crippen LogP contribution in [0.1, 0.15) is 10.6 Å². The lowest BCUT2D eigenvalue weighted by Gasteiger charge is -2.05. The third kappa shape index (κ3) is 3.14. The van der Waals surface area contributed by atoms with Gasteiger partial charge in [-0.05, 0) is 23.8 Å². The molecule has 1 aromatic heterocycles. The summed E-state index contributed by atoms with van der Waals surface area (Å²) in [5.41, 5.74) is 0.846. The topological polar surface area (TPSA) is 93.8 Å². The van der Waals surface area contributed by atoms with E-state index in [1.54, 1.807) is 12.1 Å². The number of hydrogen-bond donors (Lipinski definition) is 1. The molecule has 0 spiro atoms. The quantitative estimate of drug-likeness (QED) is 0.862. The molecule has 0 saturated carbocycles. The van der Waals surface area contributed by atoms with E-state index >= 15 is 0 Å². The highest BCUT2D eigenvalue weighted by molar-refractivity contribution is 7.86. The molecule has 7 heteroatoms. The molecule has 100 valence electrons. The Labute approximate surface area is 109 Å². The maximum Gasteiger partial charge on any atom is 0.372 e. The Kier molecular flexibility index (Phi) is 3.30. The highest BCUT2D eigenvalue weighted by Crippen LogP contribution is 2.28. The van der Waals surface area contributed by atoms with Gasteiger partial charge in [0.05, 0.1) is 12.5 Å². The fourth-order valence-electron chi connectivity index (χ4n) is 1.59. The van der Waals surface area contributed by atoms with Gasteiger partial charge in [0.15, 0.2) is 0 Å². The van der Waals surface area contributed by atoms with Crippen LogP contribution in [0.5, 0.6) is 5.75 Å². The number of furan rings is 1. The van der Waals surface area contributed by atoms with Gasteiger partial charge in [-0.2, -0.15) is 8.42 Å². The summed E-state index contributed by atoms with van der Waals surface area (Å²) >= 11 is 0. The second kappa shape index (κ2) is 4.77. The number of carboxylic acid groups (broad SMARTS) is 1. The zero-order chi connectivity index (χ0) is 14.0. The Morgan fingerprint density at radius 3 is 2.68 bits per heavy atom. The monoisotopic (exact) mass is 282 g/mol. The first-order chi connectivity index (χ1) is 8.87. The first-order valence-corrected chi connectivity index (χ1v) is 6.99. The summed E-state index contributed by atoms with van der Waals surface area (Å²) in [7, 11) is -3.63. The lowest BCUT2D eigenvalue weighted by molar-refractivity contribution is 0.0663. The Morgan fingerprint density at radius 1 is 1.32 bits per heavy atom. The first-order valence-electron chi connectivity index (χ1n) is 5.17. The van der Waals surface area contributed by atoms with Gasteiger partial charge in [0, 0.05) is 5.56 Å². The molecule has 1 heterocycles. The molecular weight excluding hydrogens is 272 g/mol. The lowest BCUT2D eigenvalue weighted by Crippen LogP contribution is -2.05. The number of hydrogen-bond acceptors (Lipinski definition) is 5. The van der Waals surface area contributed by atoms with Crippen LogP contribution in [0.3, 0.4) is 0 Å². The summed E-state index contributed by atoms with van der Waals surface area (Å²) in [6.07, 6.45) is 2.18. The highest BCUT2D eigenvalue weighted by Gasteiger charge is 2.16. The van der Waals surface area contributed by atoms with Crippen LogP contribution >= 0.6 is 0 Å². The molecule has 0 saturated heterocycles. The van der Waals surface area contributed by atoms with Gasteiger partial charge < -0.3 is 13.7 Å². The minimum atomic E-state index is -3.63. The van der Waals surface area contributed by atoms with E-state index in [2.05, 4.69) is 0 Å². The minimum Gasteiger partial charge on any atom is -0.475 e. The predicted octanol–water partition coefficient (Wildman–Crippen LogP) is 1.98. The van der Waals surface area contributed by atoms with Gasteiger partial charge in [-0.1, -0.05) is 12.1 Å². The van der Waals surface area contributed by atoms with E-state index in [9.17, 15) is 13.2 Å². The number of carbonyl (C=O) groups is 1. The average Bonchev–Trinajstić information content (AvgIpc) is 2.75. The van der Waals surface area contributed by atoms with Crippen molar-refractivity contribution in [2.45, 2.75) is 0 Å². The molecular formula is C12H10O6S. The van der Waals surface area contributed by atoms with E-state index in [-0.39, 0.29) is 11.5 Å². The van der Waals surface area contributed by atoms with E-state index < -0.39 is 16.1 Å². The molecule has 0 radical (unpaired) electrons. The third-order valence-corrected chi connectivity index (χ3v) is 2.75. The molecule has 0 aliphatic heterocycles. The molecule has 1 N–H and O–H groups in total. The van der Waals surface area contributed by atoms with Crippen LogP contribution in [-0.2, 0) is 10.1 Å². The standard InChI is InChI=1S/C12H10O6S/c1-19(15,16)18-9-4-2-3-8(7-9)10-5-6-17-11(10)12(13)14/h2-7H,1H3,(H,13,14). The van der Waals surface area contributed by atoms with Gasteiger partial charge in [-0.25, -0.2) is 4.79 Å². The molecule has 2 rings (SSSR count). The van der Waals surface area contributed by atoms with E-state index in [0.717, 1.165) is 6.26 Å². The van der Waals surface area contributed by atoms with Crippen molar-refractivity contribution in [2.75, 3.05) is 6.26 Å². The minimum absolute atomic E-state index is 0.109. The van der Waals surface area contributed by atoms with Crippen molar-refractivity contribution in [3.63, 3.8) is 0 Å². The number of rotatable bonds is 4. The van der Waals surface area contributed by atoms with Gasteiger partial charge in [0.25, 0.3) is 0 Å². The second-order valence-electron chi connectivity index (χ2n) is 3.78. The second-order valence-corrected chi connectivity index (χ2v) is 5.36. The maximum atomic E-state index is 11.0. The van der Waals surface area contributed by atoms with Crippen LogP contribution in [0.2, 0.25) is 0 Å². The van der Waals surface area contributed by atoms with Crippen molar-refractivity contribution in [1.82, 2.24) is 0 Å². The van der Waals surface area contributed by atoms with Crippen LogP contribution in [0.4, 0.5) is 0 Å². The maximum absolute atomic E-state index is 11.0. The molecule has 19 heavy (non-hydrogen) atoms. The summed E-state index contributed by atoms with van der Waals surface area (Å²) in [6, 6.07) is 7.58. The van der Waals surface area contributed by atoms with Gasteiger partial charge in [0.1, 0.15) is 5.75 Å². The molecule has 0 atom stereocenters. The molecule has 0 unspecified atom stereocenters. The third-order valence-electron chi connectivity index (χ3n) is 2.25. The fourth-order valence-corrected chi connectivity index (χ4v) is 2.05. The predicted molar refractivity (Wildman–Crippen MR) is 66.6 cm³/mol. The SMILES string of the molecule is CS(=O)(=O)Oc1cccc(-c2ccoc2C(=O)O)c1. The van der Waals surface area contributed by atoms with Crippen molar-refractivity contribution in [3.8, 4) is 16.9 Å². The Bertz CT molecular complexity index is 713. The summed E-state index contributed by atoms with van der Waals surface area (Å²) < 4.78 is 31.7. The Morgan fingerprint density at radius 2 is 2.05 bits per heavy atom. The van der Waals surface area contributed by atoms with Gasteiger partial charge in [0.2, 0.25) is 5.76 Å². The van der Waals surface area contributed by atoms with Crippen LogP contribution in [0.25, 0.3) is 11.1 Å². The molecule has 2 aromatic rings. The number of carboxylic acids is 1. The van der Waals surface area contributed by atoms with Gasteiger partial charge >= 0.3 is 16.1 Å². The fraction of sp³-hybridized carbons (Fsp3) is 0.0833. The van der Waals surface area contributed by atoms with Gasteiger partial charge in [-0.3, -0.25) is 0 Å². The summed E-state index contributed by atoms with van der Waals surface area (Å²) in [5.74, 6) is -1.30. The average molecular weight is 282 g/mol. The smallest absolute Gasteiger partial charge is 0.372 e. The molecule has 0 bridgehead atoms. The molecule has 0 fully saturated rings. The van der Waals surface area contributed by atoms with E-state index in [4.69, 9.17) is 13.7 Å². The normalized spacial score (nSPS) is 11.2. The van der Waals surface area contributed by atoms with Crippen LogP contribution in [0.15, 0.2) is 41.0 Å². The molecule has 1 aromatic carbocycles. The number of benzene rings is 1. The zero-order valence-corrected chi connectivity index (χ0v) is 10.7. The number of aromatic carboxylic acids is 1. The summed E-state index contributed by atoms with van der Waals surface area (Å²) in [5, 5.41) is 8.95. The molecule has 0 amide bonds. The van der Waals surface area contributed by atoms with Crippen molar-refractivity contribution < 1.29 is 26.9 Å². The first kappa shape index (κ1) is 13.2. The molecule has 6 nitrogen and oxygen atoms in total. The molecule has 0 aliphatic rings. The van der Waals surface area contributed by atoms with Crippen LogP contribution in [0, 0.1) is 0 Å². The summed E-state index contributed by atoms with van der Waals surface area (Å²) in [6.45, 7) is 0. The summed E-state index contributed by atoms with van der Waals surface area (Å²) in [4.78, 5) is 10.9. The zero-order valence-electron chi connectivity index (χ0n) is 9.86. The molecule has 0 aliphatic carbocycles. The van der Waals surface area contributed by atoms with Crippen molar-refractivity contribution >= 4 is 16.1 Å². The van der Waals surface area contributed by atoms with Crippen molar-refractivity contribution in [1.29, 1.82) is 0 Å².